The lowest BCUT2D eigenvalue weighted by atomic mass is 10.0. The first-order chi connectivity index (χ1) is 16.3. The van der Waals surface area contributed by atoms with Crippen LogP contribution >= 0.6 is 11.6 Å². The largest absolute Gasteiger partial charge is 0.494 e. The summed E-state index contributed by atoms with van der Waals surface area (Å²) in [5, 5.41) is 8.85. The summed E-state index contributed by atoms with van der Waals surface area (Å²) in [4.78, 5) is 41.9. The summed E-state index contributed by atoms with van der Waals surface area (Å²) in [6.45, 7) is 3.67. The van der Waals surface area contributed by atoms with E-state index in [1.54, 1.807) is 60.8 Å². The van der Waals surface area contributed by atoms with Gasteiger partial charge in [0.25, 0.3) is 11.8 Å². The van der Waals surface area contributed by atoms with Crippen LogP contribution in [0.15, 0.2) is 67.0 Å². The van der Waals surface area contributed by atoms with Gasteiger partial charge in [-0.05, 0) is 54.4 Å². The van der Waals surface area contributed by atoms with Gasteiger partial charge in [-0.2, -0.15) is 0 Å². The van der Waals surface area contributed by atoms with Gasteiger partial charge in [0.1, 0.15) is 11.8 Å². The maximum absolute atomic E-state index is 13.0. The first kappa shape index (κ1) is 24.7. The molecule has 3 amide bonds. The Morgan fingerprint density at radius 2 is 1.68 bits per heavy atom. The van der Waals surface area contributed by atoms with Crippen LogP contribution in [0.3, 0.4) is 0 Å². The molecule has 8 nitrogen and oxygen atoms in total. The van der Waals surface area contributed by atoms with E-state index in [0.29, 0.717) is 33.3 Å². The number of hydrogen-bond donors (Lipinski definition) is 3. The van der Waals surface area contributed by atoms with E-state index in [1.807, 2.05) is 13.8 Å². The molecule has 0 saturated carbocycles. The predicted molar refractivity (Wildman–Crippen MR) is 131 cm³/mol. The molecule has 0 aliphatic rings. The Balaban J connectivity index is 1.71. The molecule has 3 rings (SSSR count). The number of methoxy groups -OCH3 is 1. The third-order valence-electron chi connectivity index (χ3n) is 4.98. The third kappa shape index (κ3) is 6.32. The zero-order valence-electron chi connectivity index (χ0n) is 19.0. The summed E-state index contributed by atoms with van der Waals surface area (Å²) < 4.78 is 5.38. The van der Waals surface area contributed by atoms with Crippen LogP contribution in [-0.4, -0.2) is 35.9 Å². The molecule has 176 valence electrons. The van der Waals surface area contributed by atoms with E-state index in [-0.39, 0.29) is 23.6 Å². The van der Waals surface area contributed by atoms with E-state index >= 15 is 0 Å². The van der Waals surface area contributed by atoms with Crippen molar-refractivity contribution in [3.8, 4) is 5.75 Å². The molecule has 0 spiro atoms. The van der Waals surface area contributed by atoms with Gasteiger partial charge in [0.2, 0.25) is 5.91 Å². The molecule has 9 heteroatoms. The van der Waals surface area contributed by atoms with Crippen molar-refractivity contribution in [1.29, 1.82) is 0 Å². The molecule has 2 aromatic carbocycles. The molecule has 0 radical (unpaired) electrons. The van der Waals surface area contributed by atoms with Gasteiger partial charge in [0.05, 0.1) is 18.4 Å². The van der Waals surface area contributed by atoms with E-state index in [9.17, 15) is 14.4 Å². The van der Waals surface area contributed by atoms with E-state index in [0.717, 1.165) is 0 Å². The fraction of sp³-hybridized carbons (Fsp3) is 0.200. The number of hydrogen-bond acceptors (Lipinski definition) is 5. The van der Waals surface area contributed by atoms with Crippen LogP contribution < -0.4 is 20.7 Å². The smallest absolute Gasteiger partial charge is 0.257 e. The minimum absolute atomic E-state index is 0.170. The van der Waals surface area contributed by atoms with E-state index in [2.05, 4.69) is 20.9 Å². The van der Waals surface area contributed by atoms with Gasteiger partial charge < -0.3 is 20.7 Å². The molecule has 3 aromatic rings. The highest BCUT2D eigenvalue weighted by atomic mass is 35.5. The molecular weight excluding hydrogens is 456 g/mol. The number of nitrogens with zero attached hydrogens (tertiary/aromatic N) is 1. The first-order valence-electron chi connectivity index (χ1n) is 10.5. The Bertz CT molecular complexity index is 1170. The van der Waals surface area contributed by atoms with Crippen molar-refractivity contribution < 1.29 is 19.1 Å². The van der Waals surface area contributed by atoms with E-state index < -0.39 is 6.04 Å². The highest BCUT2D eigenvalue weighted by Crippen LogP contribution is 2.28. The summed E-state index contributed by atoms with van der Waals surface area (Å²) in [6, 6.07) is 13.8. The Kier molecular flexibility index (Phi) is 8.21. The SMILES string of the molecule is COc1cc(NC(=O)C(NC(=O)c2ccc(Cl)cc2)C(C)C)ccc1NC(=O)c1cccnc1. The van der Waals surface area contributed by atoms with Crippen molar-refractivity contribution in [3.05, 3.63) is 83.1 Å². The molecule has 0 fully saturated rings. The zero-order chi connectivity index (χ0) is 24.7. The Morgan fingerprint density at radius 1 is 0.941 bits per heavy atom. The van der Waals surface area contributed by atoms with Gasteiger partial charge in [-0.3, -0.25) is 19.4 Å². The first-order valence-corrected chi connectivity index (χ1v) is 10.9. The number of rotatable bonds is 8. The fourth-order valence-corrected chi connectivity index (χ4v) is 3.27. The van der Waals surface area contributed by atoms with Gasteiger partial charge in [0.15, 0.2) is 0 Å². The second-order valence-corrected chi connectivity index (χ2v) is 8.24. The molecule has 0 saturated heterocycles. The number of ether oxygens (including phenoxy) is 1. The maximum atomic E-state index is 13.0. The van der Waals surface area contributed by atoms with Gasteiger partial charge in [0, 0.05) is 34.7 Å². The minimum atomic E-state index is -0.779. The Labute approximate surface area is 202 Å². The molecule has 0 aliphatic carbocycles. The standard InChI is InChI=1S/C25H25ClN4O4/c1-15(2)22(30-23(31)16-6-8-18(26)9-7-16)25(33)28-19-10-11-20(21(13-19)34-3)29-24(32)17-5-4-12-27-14-17/h4-15,22H,1-3H3,(H,28,33)(H,29,32)(H,30,31). The number of anilines is 2. The minimum Gasteiger partial charge on any atom is -0.494 e. The highest BCUT2D eigenvalue weighted by molar-refractivity contribution is 6.30. The van der Waals surface area contributed by atoms with Gasteiger partial charge in [-0.1, -0.05) is 25.4 Å². The van der Waals surface area contributed by atoms with Crippen LogP contribution in [0.4, 0.5) is 11.4 Å². The molecule has 0 aliphatic heterocycles. The average molecular weight is 481 g/mol. The molecule has 0 bridgehead atoms. The summed E-state index contributed by atoms with van der Waals surface area (Å²) in [7, 11) is 1.46. The molecule has 1 atom stereocenters. The number of amides is 3. The lowest BCUT2D eigenvalue weighted by Crippen LogP contribution is -2.47. The molecular formula is C25H25ClN4O4. The predicted octanol–water partition coefficient (Wildman–Crippen LogP) is 4.39. The van der Waals surface area contributed by atoms with Gasteiger partial charge in [-0.15, -0.1) is 0 Å². The fourth-order valence-electron chi connectivity index (χ4n) is 3.14. The van der Waals surface area contributed by atoms with Crippen molar-refractivity contribution >= 4 is 40.7 Å². The average Bonchev–Trinajstić information content (AvgIpc) is 2.83. The molecule has 34 heavy (non-hydrogen) atoms. The molecule has 3 N–H and O–H groups in total. The summed E-state index contributed by atoms with van der Waals surface area (Å²) >= 11 is 5.88. The lowest BCUT2D eigenvalue weighted by Gasteiger charge is -2.22. The van der Waals surface area contributed by atoms with Crippen LogP contribution in [0.2, 0.25) is 5.02 Å². The van der Waals surface area contributed by atoms with Crippen molar-refractivity contribution in [3.63, 3.8) is 0 Å². The Hall–Kier alpha value is -3.91. The van der Waals surface area contributed by atoms with Crippen LogP contribution in [0, 0.1) is 5.92 Å². The molecule has 1 aromatic heterocycles. The van der Waals surface area contributed by atoms with Crippen LogP contribution in [0.25, 0.3) is 0 Å². The summed E-state index contributed by atoms with van der Waals surface area (Å²) in [5.41, 5.74) is 1.69. The van der Waals surface area contributed by atoms with Crippen molar-refractivity contribution in [2.24, 2.45) is 5.92 Å². The van der Waals surface area contributed by atoms with Gasteiger partial charge in [-0.25, -0.2) is 0 Å². The molecule has 1 heterocycles. The number of benzene rings is 2. The number of aromatic nitrogens is 1. The number of carbonyl (C=O) groups is 3. The van der Waals surface area contributed by atoms with Gasteiger partial charge >= 0.3 is 0 Å². The van der Waals surface area contributed by atoms with Crippen LogP contribution in [0.1, 0.15) is 34.6 Å². The normalized spacial score (nSPS) is 11.4. The molecule has 1 unspecified atom stereocenters. The summed E-state index contributed by atoms with van der Waals surface area (Å²) in [6.07, 6.45) is 3.04. The van der Waals surface area contributed by atoms with Crippen molar-refractivity contribution in [2.75, 3.05) is 17.7 Å². The van der Waals surface area contributed by atoms with Crippen molar-refractivity contribution in [1.82, 2.24) is 10.3 Å². The lowest BCUT2D eigenvalue weighted by molar-refractivity contribution is -0.118. The second kappa shape index (κ2) is 11.3. The third-order valence-corrected chi connectivity index (χ3v) is 5.24. The quantitative estimate of drug-likeness (QED) is 0.443. The van der Waals surface area contributed by atoms with Crippen LogP contribution in [-0.2, 0) is 4.79 Å². The number of carbonyl (C=O) groups excluding carboxylic acids is 3. The second-order valence-electron chi connectivity index (χ2n) is 7.80. The maximum Gasteiger partial charge on any atom is 0.257 e. The zero-order valence-corrected chi connectivity index (χ0v) is 19.7. The summed E-state index contributed by atoms with van der Waals surface area (Å²) in [5.74, 6) is -0.909. The Morgan fingerprint density at radius 3 is 2.29 bits per heavy atom. The number of nitrogens with one attached hydrogen (secondary N) is 3. The number of halogens is 1. The topological polar surface area (TPSA) is 109 Å². The van der Waals surface area contributed by atoms with E-state index in [4.69, 9.17) is 16.3 Å². The number of pyridine rings is 1. The van der Waals surface area contributed by atoms with E-state index in [1.165, 1.54) is 13.3 Å². The monoisotopic (exact) mass is 480 g/mol. The highest BCUT2D eigenvalue weighted by Gasteiger charge is 2.25. The van der Waals surface area contributed by atoms with Crippen molar-refractivity contribution in [2.45, 2.75) is 19.9 Å². The van der Waals surface area contributed by atoms with Crippen LogP contribution in [0.5, 0.6) is 5.75 Å².